The van der Waals surface area contributed by atoms with Crippen molar-refractivity contribution >= 4 is 10.0 Å². The number of aryl methyl sites for hydroxylation is 1. The van der Waals surface area contributed by atoms with Crippen molar-refractivity contribution in [3.8, 4) is 11.8 Å². The Morgan fingerprint density at radius 3 is 2.38 bits per heavy atom. The molecule has 0 fully saturated rings. The molecule has 0 spiro atoms. The average Bonchev–Trinajstić information content (AvgIpc) is 2.35. The van der Waals surface area contributed by atoms with E-state index < -0.39 is 10.0 Å². The van der Waals surface area contributed by atoms with E-state index in [0.29, 0.717) is 6.54 Å². The summed E-state index contributed by atoms with van der Waals surface area (Å²) in [4.78, 5) is 0.265. The lowest BCUT2D eigenvalue weighted by molar-refractivity contribution is 0.311. The molecule has 1 aromatic carbocycles. The van der Waals surface area contributed by atoms with Crippen molar-refractivity contribution < 1.29 is 13.5 Å². The highest BCUT2D eigenvalue weighted by Gasteiger charge is 2.25. The lowest BCUT2D eigenvalue weighted by Gasteiger charge is -2.26. The molecule has 1 N–H and O–H groups in total. The predicted molar refractivity (Wildman–Crippen MR) is 84.4 cm³/mol. The molecule has 5 heteroatoms. The van der Waals surface area contributed by atoms with Crippen molar-refractivity contribution in [1.29, 1.82) is 0 Å². The first-order valence-corrected chi connectivity index (χ1v) is 8.18. The summed E-state index contributed by atoms with van der Waals surface area (Å²) < 4.78 is 26.5. The summed E-state index contributed by atoms with van der Waals surface area (Å²) in [5, 5.41) is 8.71. The third-order valence-corrected chi connectivity index (χ3v) is 4.70. The second-order valence-corrected chi connectivity index (χ2v) is 8.30. The smallest absolute Gasteiger partial charge is 0.242 e. The second-order valence-electron chi connectivity index (χ2n) is 6.26. The van der Waals surface area contributed by atoms with E-state index in [4.69, 9.17) is 5.11 Å². The molecule has 0 saturated heterocycles. The molecule has 0 saturated carbocycles. The number of sulfonamides is 1. The summed E-state index contributed by atoms with van der Waals surface area (Å²) >= 11 is 0. The molecule has 4 nitrogen and oxygen atoms in total. The zero-order valence-corrected chi connectivity index (χ0v) is 14.1. The van der Waals surface area contributed by atoms with Crippen molar-refractivity contribution in [2.75, 3.05) is 20.2 Å². The minimum absolute atomic E-state index is 0.108. The van der Waals surface area contributed by atoms with Crippen molar-refractivity contribution in [3.63, 3.8) is 0 Å². The Morgan fingerprint density at radius 2 is 1.90 bits per heavy atom. The molecule has 0 amide bonds. The maximum Gasteiger partial charge on any atom is 0.242 e. The Hall–Kier alpha value is -1.35. The van der Waals surface area contributed by atoms with Crippen molar-refractivity contribution in [2.24, 2.45) is 5.41 Å². The Morgan fingerprint density at radius 1 is 1.29 bits per heavy atom. The summed E-state index contributed by atoms with van der Waals surface area (Å²) in [6.45, 7) is 8.03. The number of hydrogen-bond donors (Lipinski definition) is 1. The van der Waals surface area contributed by atoms with Gasteiger partial charge in [0, 0.05) is 19.2 Å². The SMILES string of the molecule is Cc1cc(S(=O)(=O)N(C)CC(C)(C)C)ccc1C#CCO. The molecule has 0 aliphatic rings. The predicted octanol–water partition coefficient (Wildman–Crippen LogP) is 2.01. The summed E-state index contributed by atoms with van der Waals surface area (Å²) in [6.07, 6.45) is 0. The van der Waals surface area contributed by atoms with Gasteiger partial charge in [0.05, 0.1) is 4.90 Å². The van der Waals surface area contributed by atoms with Crippen LogP contribution >= 0.6 is 0 Å². The maximum atomic E-state index is 12.5. The first-order chi connectivity index (χ1) is 9.58. The van der Waals surface area contributed by atoms with Gasteiger partial charge in [0.2, 0.25) is 10.0 Å². The number of benzene rings is 1. The van der Waals surface area contributed by atoms with Gasteiger partial charge >= 0.3 is 0 Å². The molecule has 116 valence electrons. The first-order valence-electron chi connectivity index (χ1n) is 6.74. The monoisotopic (exact) mass is 309 g/mol. The van der Waals surface area contributed by atoms with Gasteiger partial charge in [-0.05, 0) is 36.1 Å². The van der Waals surface area contributed by atoms with Gasteiger partial charge in [-0.25, -0.2) is 12.7 Å². The molecule has 1 aromatic rings. The Bertz CT molecular complexity index is 661. The Kier molecular flexibility index (Phi) is 5.57. The van der Waals surface area contributed by atoms with E-state index in [1.54, 1.807) is 25.2 Å². The lowest BCUT2D eigenvalue weighted by atomic mass is 9.97. The third-order valence-electron chi connectivity index (χ3n) is 2.91. The van der Waals surface area contributed by atoms with Gasteiger partial charge in [-0.3, -0.25) is 0 Å². The van der Waals surface area contributed by atoms with Crippen LogP contribution in [0.1, 0.15) is 31.9 Å². The topological polar surface area (TPSA) is 57.6 Å². The van der Waals surface area contributed by atoms with E-state index in [2.05, 4.69) is 11.8 Å². The van der Waals surface area contributed by atoms with Crippen LogP contribution in [0.3, 0.4) is 0 Å². The normalized spacial score (nSPS) is 12.1. The summed E-state index contributed by atoms with van der Waals surface area (Å²) in [5.74, 6) is 5.36. The number of rotatable bonds is 3. The lowest BCUT2D eigenvalue weighted by Crippen LogP contribution is -2.34. The maximum absolute atomic E-state index is 12.5. The van der Waals surface area contributed by atoms with Crippen LogP contribution in [0.4, 0.5) is 0 Å². The number of hydrogen-bond acceptors (Lipinski definition) is 3. The van der Waals surface area contributed by atoms with E-state index in [9.17, 15) is 8.42 Å². The van der Waals surface area contributed by atoms with Gasteiger partial charge in [0.1, 0.15) is 6.61 Å². The average molecular weight is 309 g/mol. The van der Waals surface area contributed by atoms with Gasteiger partial charge in [-0.1, -0.05) is 32.6 Å². The highest BCUT2D eigenvalue weighted by molar-refractivity contribution is 7.89. The minimum atomic E-state index is -3.50. The van der Waals surface area contributed by atoms with E-state index in [-0.39, 0.29) is 16.9 Å². The van der Waals surface area contributed by atoms with Crippen LogP contribution in [0.5, 0.6) is 0 Å². The molecule has 0 unspecified atom stereocenters. The molecule has 0 aliphatic heterocycles. The molecule has 21 heavy (non-hydrogen) atoms. The fourth-order valence-electron chi connectivity index (χ4n) is 2.00. The molecular formula is C16H23NO3S. The van der Waals surface area contributed by atoms with Crippen molar-refractivity contribution in [1.82, 2.24) is 4.31 Å². The summed E-state index contributed by atoms with van der Waals surface area (Å²) in [5.41, 5.74) is 1.39. The largest absolute Gasteiger partial charge is 0.384 e. The van der Waals surface area contributed by atoms with E-state index >= 15 is 0 Å². The Balaban J connectivity index is 3.13. The van der Waals surface area contributed by atoms with Crippen LogP contribution in [0.2, 0.25) is 0 Å². The van der Waals surface area contributed by atoms with Crippen LogP contribution in [0, 0.1) is 24.2 Å². The zero-order chi connectivity index (χ0) is 16.3. The molecule has 0 bridgehead atoms. The van der Waals surface area contributed by atoms with Gasteiger partial charge in [0.25, 0.3) is 0 Å². The summed E-state index contributed by atoms with van der Waals surface area (Å²) in [7, 11) is -1.90. The number of aliphatic hydroxyl groups excluding tert-OH is 1. The molecule has 0 heterocycles. The number of nitrogens with zero attached hydrogens (tertiary/aromatic N) is 1. The van der Waals surface area contributed by atoms with Gasteiger partial charge in [-0.15, -0.1) is 0 Å². The molecule has 0 radical (unpaired) electrons. The van der Waals surface area contributed by atoms with E-state index in [1.165, 1.54) is 4.31 Å². The fraction of sp³-hybridized carbons (Fsp3) is 0.500. The fourth-order valence-corrected chi connectivity index (χ4v) is 3.49. The van der Waals surface area contributed by atoms with Crippen molar-refractivity contribution in [3.05, 3.63) is 29.3 Å². The van der Waals surface area contributed by atoms with Gasteiger partial charge in [0.15, 0.2) is 0 Å². The molecule has 0 atom stereocenters. The third kappa shape index (κ3) is 4.85. The highest BCUT2D eigenvalue weighted by Crippen LogP contribution is 2.22. The van der Waals surface area contributed by atoms with E-state index in [1.807, 2.05) is 27.7 Å². The molecule has 1 rings (SSSR count). The molecular weight excluding hydrogens is 286 g/mol. The number of aliphatic hydroxyl groups is 1. The minimum Gasteiger partial charge on any atom is -0.384 e. The van der Waals surface area contributed by atoms with Gasteiger partial charge in [-0.2, -0.15) is 0 Å². The second kappa shape index (κ2) is 6.61. The Labute approximate surface area is 127 Å². The molecule has 0 aromatic heterocycles. The quantitative estimate of drug-likeness (QED) is 0.869. The molecule has 0 aliphatic carbocycles. The van der Waals surface area contributed by atoms with Crippen LogP contribution in [0.25, 0.3) is 0 Å². The van der Waals surface area contributed by atoms with Crippen LogP contribution in [-0.2, 0) is 10.0 Å². The van der Waals surface area contributed by atoms with Crippen LogP contribution < -0.4 is 0 Å². The zero-order valence-electron chi connectivity index (χ0n) is 13.3. The van der Waals surface area contributed by atoms with E-state index in [0.717, 1.165) is 11.1 Å². The van der Waals surface area contributed by atoms with Gasteiger partial charge < -0.3 is 5.11 Å². The highest BCUT2D eigenvalue weighted by atomic mass is 32.2. The van der Waals surface area contributed by atoms with Crippen LogP contribution in [0.15, 0.2) is 23.1 Å². The standard InChI is InChI=1S/C16H23NO3S/c1-13-11-15(9-8-14(13)7-6-10-18)21(19,20)17(5)12-16(2,3)4/h8-9,11,18H,10,12H2,1-5H3. The van der Waals surface area contributed by atoms with Crippen molar-refractivity contribution in [2.45, 2.75) is 32.6 Å². The first kappa shape index (κ1) is 17.7. The summed E-state index contributed by atoms with van der Waals surface area (Å²) in [6, 6.07) is 4.86. The van der Waals surface area contributed by atoms with Crippen LogP contribution in [-0.4, -0.2) is 38.0 Å².